The average Bonchev–Trinajstić information content (AvgIpc) is 3.51. The van der Waals surface area contributed by atoms with Crippen molar-refractivity contribution in [3.05, 3.63) is 53.1 Å². The molecule has 0 saturated carbocycles. The summed E-state index contributed by atoms with van der Waals surface area (Å²) >= 11 is 0. The standard InChI is InChI=1S/C30H34F3N3O5S/c1-3-42(39,40)26-16-22-24(17-25(26)41-2)34-28(19-7-6-8-20(15-19)30(31,32)33)23(27(22)29(37)38)18-35-13-9-21(10-14-35)36-11-4-5-12-36/h6-8,15-17,21H,3-5,9-14,18H2,1-2H3,(H,37,38). The van der Waals surface area contributed by atoms with Gasteiger partial charge in [0.1, 0.15) is 10.6 Å². The molecule has 2 saturated heterocycles. The van der Waals surface area contributed by atoms with E-state index < -0.39 is 27.5 Å². The van der Waals surface area contributed by atoms with Crippen LogP contribution in [-0.4, -0.2) is 79.4 Å². The lowest BCUT2D eigenvalue weighted by atomic mass is 9.94. The number of fused-ring (bicyclic) bond motifs is 1. The molecule has 2 aliphatic rings. The summed E-state index contributed by atoms with van der Waals surface area (Å²) in [5.74, 6) is -1.56. The minimum Gasteiger partial charge on any atom is -0.495 e. The molecule has 0 bridgehead atoms. The number of hydrogen-bond donors (Lipinski definition) is 1. The second-order valence-corrected chi connectivity index (χ2v) is 13.1. The highest BCUT2D eigenvalue weighted by molar-refractivity contribution is 7.91. The highest BCUT2D eigenvalue weighted by Gasteiger charge is 2.33. The predicted octanol–water partition coefficient (Wildman–Crippen LogP) is 5.48. The molecule has 0 unspecified atom stereocenters. The summed E-state index contributed by atoms with van der Waals surface area (Å²) in [5.41, 5.74) is -0.453. The number of hydrogen-bond acceptors (Lipinski definition) is 7. The molecule has 0 radical (unpaired) electrons. The van der Waals surface area contributed by atoms with Crippen LogP contribution in [0.3, 0.4) is 0 Å². The van der Waals surface area contributed by atoms with Crippen molar-refractivity contribution in [1.82, 2.24) is 14.8 Å². The van der Waals surface area contributed by atoms with Crippen molar-refractivity contribution in [3.8, 4) is 17.0 Å². The van der Waals surface area contributed by atoms with Gasteiger partial charge in [-0.05, 0) is 70.1 Å². The van der Waals surface area contributed by atoms with E-state index in [1.54, 1.807) is 0 Å². The molecule has 12 heteroatoms. The highest BCUT2D eigenvalue weighted by atomic mass is 32.2. The summed E-state index contributed by atoms with van der Waals surface area (Å²) in [4.78, 5) is 22.0. The van der Waals surface area contributed by atoms with Crippen molar-refractivity contribution >= 4 is 26.7 Å². The summed E-state index contributed by atoms with van der Waals surface area (Å²) in [6.07, 6.45) is -0.429. The largest absolute Gasteiger partial charge is 0.495 e. The molecule has 5 rings (SSSR count). The number of alkyl halides is 3. The van der Waals surface area contributed by atoms with Crippen LogP contribution in [-0.2, 0) is 22.6 Å². The zero-order valence-electron chi connectivity index (χ0n) is 23.6. The molecule has 42 heavy (non-hydrogen) atoms. The Hall–Kier alpha value is -3.22. The van der Waals surface area contributed by atoms with Crippen molar-refractivity contribution in [1.29, 1.82) is 0 Å². The number of carboxylic acid groups (broad SMARTS) is 1. The third-order valence-corrected chi connectivity index (χ3v) is 10.1. The van der Waals surface area contributed by atoms with Gasteiger partial charge in [0, 0.05) is 35.2 Å². The van der Waals surface area contributed by atoms with Crippen LogP contribution in [0.2, 0.25) is 0 Å². The van der Waals surface area contributed by atoms with Crippen LogP contribution in [0.25, 0.3) is 22.2 Å². The Bertz CT molecular complexity index is 1600. The number of halogens is 3. The fourth-order valence-corrected chi connectivity index (χ4v) is 7.18. The van der Waals surface area contributed by atoms with Gasteiger partial charge in [-0.2, -0.15) is 13.2 Å². The van der Waals surface area contributed by atoms with E-state index in [9.17, 15) is 31.5 Å². The van der Waals surface area contributed by atoms with Gasteiger partial charge in [0.2, 0.25) is 0 Å². The Morgan fingerprint density at radius 3 is 2.38 bits per heavy atom. The number of carbonyl (C=O) groups is 1. The Morgan fingerprint density at radius 1 is 1.10 bits per heavy atom. The number of benzene rings is 2. The minimum atomic E-state index is -4.60. The summed E-state index contributed by atoms with van der Waals surface area (Å²) < 4.78 is 72.1. The lowest BCUT2D eigenvalue weighted by Gasteiger charge is -2.37. The van der Waals surface area contributed by atoms with Crippen molar-refractivity contribution in [2.75, 3.05) is 39.0 Å². The molecule has 0 spiro atoms. The van der Waals surface area contributed by atoms with E-state index in [-0.39, 0.29) is 56.2 Å². The number of piperidine rings is 1. The molecule has 3 heterocycles. The number of methoxy groups -OCH3 is 1. The van der Waals surface area contributed by atoms with Crippen LogP contribution >= 0.6 is 0 Å². The lowest BCUT2D eigenvalue weighted by molar-refractivity contribution is -0.137. The van der Waals surface area contributed by atoms with E-state index in [1.807, 2.05) is 0 Å². The van der Waals surface area contributed by atoms with Gasteiger partial charge in [-0.15, -0.1) is 0 Å². The molecule has 2 aliphatic heterocycles. The maximum Gasteiger partial charge on any atom is 0.416 e. The quantitative estimate of drug-likeness (QED) is 0.360. The van der Waals surface area contributed by atoms with Crippen molar-refractivity contribution in [2.45, 2.75) is 56.3 Å². The Kier molecular flexibility index (Phi) is 8.51. The van der Waals surface area contributed by atoms with Gasteiger partial charge < -0.3 is 14.7 Å². The van der Waals surface area contributed by atoms with Gasteiger partial charge in [-0.1, -0.05) is 19.1 Å². The maximum absolute atomic E-state index is 13.7. The molecule has 2 fully saturated rings. The summed E-state index contributed by atoms with van der Waals surface area (Å²) in [5, 5.41) is 10.6. The number of likely N-dealkylation sites (tertiary alicyclic amines) is 2. The van der Waals surface area contributed by atoms with Gasteiger partial charge in [0.05, 0.1) is 35.2 Å². The molecule has 8 nitrogen and oxygen atoms in total. The van der Waals surface area contributed by atoms with Gasteiger partial charge >= 0.3 is 12.1 Å². The number of aromatic carboxylic acids is 1. The molecule has 0 aliphatic carbocycles. The topological polar surface area (TPSA) is 100 Å². The fraction of sp³-hybridized carbons (Fsp3) is 0.467. The Labute approximate surface area is 243 Å². The third-order valence-electron chi connectivity index (χ3n) is 8.36. The van der Waals surface area contributed by atoms with Crippen LogP contribution in [0.5, 0.6) is 5.75 Å². The Balaban J connectivity index is 1.68. The van der Waals surface area contributed by atoms with E-state index in [1.165, 1.54) is 51.1 Å². The average molecular weight is 606 g/mol. The number of nitrogens with zero attached hydrogens (tertiary/aromatic N) is 3. The molecule has 1 aromatic heterocycles. The summed E-state index contributed by atoms with van der Waals surface area (Å²) in [6, 6.07) is 7.73. The first-order valence-electron chi connectivity index (χ1n) is 14.1. The van der Waals surface area contributed by atoms with Crippen molar-refractivity contribution < 1.29 is 36.2 Å². The predicted molar refractivity (Wildman–Crippen MR) is 153 cm³/mol. The minimum absolute atomic E-state index is 0.0140. The first-order chi connectivity index (χ1) is 19.9. The van der Waals surface area contributed by atoms with E-state index in [2.05, 4.69) is 14.8 Å². The number of pyridine rings is 1. The van der Waals surface area contributed by atoms with Crippen LogP contribution < -0.4 is 4.74 Å². The second-order valence-electron chi connectivity index (χ2n) is 10.9. The maximum atomic E-state index is 13.7. The van der Waals surface area contributed by atoms with Crippen molar-refractivity contribution in [2.24, 2.45) is 0 Å². The Morgan fingerprint density at radius 2 is 1.79 bits per heavy atom. The van der Waals surface area contributed by atoms with Crippen molar-refractivity contribution in [3.63, 3.8) is 0 Å². The van der Waals surface area contributed by atoms with E-state index in [0.29, 0.717) is 19.1 Å². The second kappa shape index (κ2) is 11.8. The number of ether oxygens (including phenoxy) is 1. The smallest absolute Gasteiger partial charge is 0.416 e. The molecule has 0 amide bonds. The highest BCUT2D eigenvalue weighted by Crippen LogP contribution is 2.38. The number of aromatic nitrogens is 1. The van der Waals surface area contributed by atoms with Gasteiger partial charge in [-0.3, -0.25) is 4.90 Å². The summed E-state index contributed by atoms with van der Waals surface area (Å²) in [7, 11) is -2.51. The normalized spacial score (nSPS) is 17.6. The molecule has 2 aromatic carbocycles. The van der Waals surface area contributed by atoms with Gasteiger partial charge in [-0.25, -0.2) is 18.2 Å². The van der Waals surface area contributed by atoms with E-state index in [0.717, 1.165) is 38.1 Å². The monoisotopic (exact) mass is 605 g/mol. The van der Waals surface area contributed by atoms with Gasteiger partial charge in [0.25, 0.3) is 0 Å². The lowest BCUT2D eigenvalue weighted by Crippen LogP contribution is -2.43. The number of carboxylic acids is 1. The zero-order chi connectivity index (χ0) is 30.2. The molecule has 1 N–H and O–H groups in total. The molecular weight excluding hydrogens is 571 g/mol. The first-order valence-corrected chi connectivity index (χ1v) is 15.7. The first kappa shape index (κ1) is 30.2. The van der Waals surface area contributed by atoms with Crippen LogP contribution in [0.1, 0.15) is 54.1 Å². The molecular formula is C30H34F3N3O5S. The SMILES string of the molecule is CCS(=O)(=O)c1cc2c(C(=O)O)c(CN3CCC(N4CCCC4)CC3)c(-c3cccc(C(F)(F)F)c3)nc2cc1OC. The third kappa shape index (κ3) is 5.97. The molecule has 226 valence electrons. The fourth-order valence-electron chi connectivity index (χ4n) is 6.12. The number of rotatable bonds is 8. The van der Waals surface area contributed by atoms with Crippen LogP contribution in [0.4, 0.5) is 13.2 Å². The van der Waals surface area contributed by atoms with Crippen LogP contribution in [0, 0.1) is 0 Å². The zero-order valence-corrected chi connectivity index (χ0v) is 24.4. The van der Waals surface area contributed by atoms with Gasteiger partial charge in [0.15, 0.2) is 9.84 Å². The molecule has 0 atom stereocenters. The van der Waals surface area contributed by atoms with E-state index in [4.69, 9.17) is 4.74 Å². The van der Waals surface area contributed by atoms with Crippen LogP contribution in [0.15, 0.2) is 41.3 Å². The molecule has 3 aromatic rings. The summed E-state index contributed by atoms with van der Waals surface area (Å²) in [6.45, 7) is 5.16. The number of sulfone groups is 1. The van der Waals surface area contributed by atoms with E-state index >= 15 is 0 Å².